The molecule has 0 radical (unpaired) electrons. The van der Waals surface area contributed by atoms with Crippen molar-refractivity contribution in [3.63, 3.8) is 0 Å². The van der Waals surface area contributed by atoms with E-state index in [1.54, 1.807) is 13.8 Å². The Morgan fingerprint density at radius 2 is 1.71 bits per heavy atom. The summed E-state index contributed by atoms with van der Waals surface area (Å²) >= 11 is 0. The number of alkyl halides is 1. The number of carbonyl (C=O) groups is 5. The number of nitrogens with zero attached hydrogens (tertiary/aromatic N) is 2. The zero-order valence-electron chi connectivity index (χ0n) is 26.6. The second kappa shape index (κ2) is 18.5. The fourth-order valence-corrected chi connectivity index (χ4v) is 5.04. The van der Waals surface area contributed by atoms with Crippen molar-refractivity contribution in [3.8, 4) is 0 Å². The molecule has 1 aliphatic rings. The van der Waals surface area contributed by atoms with Crippen molar-refractivity contribution in [2.75, 3.05) is 19.8 Å². The second-order valence-electron chi connectivity index (χ2n) is 11.9. The van der Waals surface area contributed by atoms with Gasteiger partial charge in [0.1, 0.15) is 31.4 Å². The van der Waals surface area contributed by atoms with E-state index in [4.69, 9.17) is 16.2 Å². The Bertz CT molecular complexity index is 1180. The van der Waals surface area contributed by atoms with Crippen LogP contribution in [-0.2, 0) is 30.5 Å². The summed E-state index contributed by atoms with van der Waals surface area (Å²) in [6, 6.07) is 5.15. The number of alkyl carbamates (subject to hydrolysis) is 1. The van der Waals surface area contributed by atoms with Gasteiger partial charge in [-0.3, -0.25) is 24.2 Å². The third-order valence-corrected chi connectivity index (χ3v) is 7.38. The Morgan fingerprint density at radius 3 is 2.31 bits per heavy atom. The average Bonchev–Trinajstić information content (AvgIpc) is 3.49. The van der Waals surface area contributed by atoms with Crippen molar-refractivity contribution in [3.05, 3.63) is 35.9 Å². The van der Waals surface area contributed by atoms with Gasteiger partial charge in [-0.15, -0.1) is 0 Å². The number of nitrogens with two attached hydrogens (primary N) is 2. The average molecular weight is 634 g/mol. The smallest absolute Gasteiger partial charge is 0.408 e. The zero-order valence-corrected chi connectivity index (χ0v) is 26.6. The standard InChI is InChI=1S/C31H48FN7O6/c1-19(2)16-23(37-31(44)45-18-21-10-6-5-7-11-21)27(41)38-26(20(3)4)29(43)39-15-9-13-24(39)28(42)36-22(25(40)17-32)12-8-14-35-30(33)34/h5-7,10-11,19-20,22-24,26H,8-9,12-18H2,1-4H3,(H,36,42)(H,37,44)(H,38,41)(H4,33,34,35). The van der Waals surface area contributed by atoms with Gasteiger partial charge in [-0.1, -0.05) is 58.0 Å². The predicted octanol–water partition coefficient (Wildman–Crippen LogP) is 1.54. The molecule has 0 bridgehead atoms. The van der Waals surface area contributed by atoms with Crippen LogP contribution in [-0.4, -0.2) is 84.4 Å². The molecule has 0 saturated carbocycles. The molecule has 4 unspecified atom stereocenters. The molecule has 4 amide bonds. The number of halogens is 1. The van der Waals surface area contributed by atoms with Crippen LogP contribution in [0.2, 0.25) is 0 Å². The number of Topliss-reactive ketones (excluding diaryl/α,β-unsaturated/α-hetero) is 1. The van der Waals surface area contributed by atoms with E-state index in [0.29, 0.717) is 25.7 Å². The molecule has 0 aromatic heterocycles. The molecular formula is C31H48FN7O6. The molecule has 1 heterocycles. The molecular weight excluding hydrogens is 585 g/mol. The molecule has 4 atom stereocenters. The van der Waals surface area contributed by atoms with Crippen LogP contribution in [0.15, 0.2) is 35.3 Å². The van der Waals surface area contributed by atoms with Gasteiger partial charge >= 0.3 is 6.09 Å². The van der Waals surface area contributed by atoms with Crippen LogP contribution in [0.25, 0.3) is 0 Å². The van der Waals surface area contributed by atoms with E-state index in [0.717, 1.165) is 5.56 Å². The minimum Gasteiger partial charge on any atom is -0.445 e. The van der Waals surface area contributed by atoms with E-state index < -0.39 is 60.4 Å². The van der Waals surface area contributed by atoms with Crippen molar-refractivity contribution < 1.29 is 33.1 Å². The summed E-state index contributed by atoms with van der Waals surface area (Å²) in [5.74, 6) is -2.82. The highest BCUT2D eigenvalue weighted by Gasteiger charge is 2.40. The third kappa shape index (κ3) is 12.4. The van der Waals surface area contributed by atoms with Crippen LogP contribution in [0.3, 0.4) is 0 Å². The number of guanidine groups is 1. The molecule has 14 heteroatoms. The number of nitrogens with one attached hydrogen (secondary N) is 3. The number of benzene rings is 1. The first kappa shape index (κ1) is 37.0. The molecule has 7 N–H and O–H groups in total. The summed E-state index contributed by atoms with van der Waals surface area (Å²) in [5, 5.41) is 7.99. The Balaban J connectivity index is 2.10. The number of rotatable bonds is 17. The first-order valence-corrected chi connectivity index (χ1v) is 15.4. The van der Waals surface area contributed by atoms with Gasteiger partial charge in [0.15, 0.2) is 11.7 Å². The van der Waals surface area contributed by atoms with Crippen molar-refractivity contribution in [1.82, 2.24) is 20.9 Å². The Morgan fingerprint density at radius 1 is 1.02 bits per heavy atom. The van der Waals surface area contributed by atoms with E-state index >= 15 is 0 Å². The molecule has 250 valence electrons. The number of hydrogen-bond donors (Lipinski definition) is 5. The van der Waals surface area contributed by atoms with Gasteiger partial charge in [0, 0.05) is 13.1 Å². The van der Waals surface area contributed by atoms with E-state index in [9.17, 15) is 28.4 Å². The summed E-state index contributed by atoms with van der Waals surface area (Å²) < 4.78 is 18.6. The molecule has 2 rings (SSSR count). The lowest BCUT2D eigenvalue weighted by molar-refractivity contribution is -0.143. The van der Waals surface area contributed by atoms with Gasteiger partial charge in [0.2, 0.25) is 17.7 Å². The van der Waals surface area contributed by atoms with E-state index in [1.165, 1.54) is 4.90 Å². The lowest BCUT2D eigenvalue weighted by Gasteiger charge is -2.32. The van der Waals surface area contributed by atoms with Crippen LogP contribution in [0, 0.1) is 11.8 Å². The quantitative estimate of drug-likeness (QED) is 0.0966. The molecule has 1 aromatic carbocycles. The minimum atomic E-state index is -1.26. The Labute approximate surface area is 264 Å². The van der Waals surface area contributed by atoms with Crippen LogP contribution in [0.5, 0.6) is 0 Å². The van der Waals surface area contributed by atoms with E-state index in [2.05, 4.69) is 20.9 Å². The minimum absolute atomic E-state index is 0.0300. The van der Waals surface area contributed by atoms with Gasteiger partial charge < -0.3 is 37.1 Å². The number of ether oxygens (including phenoxy) is 1. The maximum atomic E-state index is 13.8. The van der Waals surface area contributed by atoms with Gasteiger partial charge in [-0.2, -0.15) is 0 Å². The molecule has 1 fully saturated rings. The third-order valence-electron chi connectivity index (χ3n) is 7.38. The van der Waals surface area contributed by atoms with E-state index in [1.807, 2.05) is 44.2 Å². The van der Waals surface area contributed by atoms with Crippen LogP contribution in [0.1, 0.15) is 65.4 Å². The Hall–Kier alpha value is -4.23. The molecule has 1 aliphatic heterocycles. The molecule has 0 spiro atoms. The maximum Gasteiger partial charge on any atom is 0.408 e. The summed E-state index contributed by atoms with van der Waals surface area (Å²) in [4.78, 5) is 70.5. The molecule has 45 heavy (non-hydrogen) atoms. The monoisotopic (exact) mass is 633 g/mol. The van der Waals surface area contributed by atoms with Crippen molar-refractivity contribution >= 4 is 35.6 Å². The highest BCUT2D eigenvalue weighted by Crippen LogP contribution is 2.21. The SMILES string of the molecule is CC(C)CC(NC(=O)OCc1ccccc1)C(=O)NC(C(=O)N1CCCC1C(=O)NC(CCCN=C(N)N)C(=O)CF)C(C)C. The van der Waals surface area contributed by atoms with E-state index in [-0.39, 0.29) is 43.9 Å². The summed E-state index contributed by atoms with van der Waals surface area (Å²) in [7, 11) is 0. The highest BCUT2D eigenvalue weighted by molar-refractivity contribution is 5.96. The van der Waals surface area contributed by atoms with Crippen LogP contribution < -0.4 is 27.4 Å². The molecule has 1 saturated heterocycles. The summed E-state index contributed by atoms with van der Waals surface area (Å²) in [5.41, 5.74) is 11.4. The van der Waals surface area contributed by atoms with Crippen molar-refractivity contribution in [2.45, 2.75) is 90.6 Å². The number of ketones is 1. The maximum absolute atomic E-state index is 13.8. The largest absolute Gasteiger partial charge is 0.445 e. The predicted molar refractivity (Wildman–Crippen MR) is 167 cm³/mol. The lowest BCUT2D eigenvalue weighted by Crippen LogP contribution is -2.59. The van der Waals surface area contributed by atoms with Crippen LogP contribution in [0.4, 0.5) is 9.18 Å². The fraction of sp³-hybridized carbons (Fsp3) is 0.613. The summed E-state index contributed by atoms with van der Waals surface area (Å²) in [6.07, 6.45) is 0.848. The number of aliphatic imine (C=N–C) groups is 1. The molecule has 13 nitrogen and oxygen atoms in total. The van der Waals surface area contributed by atoms with Crippen molar-refractivity contribution in [2.24, 2.45) is 28.3 Å². The normalized spacial score (nSPS) is 16.4. The zero-order chi connectivity index (χ0) is 33.5. The van der Waals surface area contributed by atoms with Crippen LogP contribution >= 0.6 is 0 Å². The lowest BCUT2D eigenvalue weighted by atomic mass is 9.99. The number of carbonyl (C=O) groups excluding carboxylic acids is 5. The Kier molecular flexibility index (Phi) is 15.2. The molecule has 0 aliphatic carbocycles. The fourth-order valence-electron chi connectivity index (χ4n) is 5.04. The summed E-state index contributed by atoms with van der Waals surface area (Å²) in [6.45, 7) is 6.57. The molecule has 1 aromatic rings. The number of likely N-dealkylation sites (tertiary alicyclic amines) is 1. The first-order chi connectivity index (χ1) is 21.3. The second-order valence-corrected chi connectivity index (χ2v) is 11.9. The first-order valence-electron chi connectivity index (χ1n) is 15.4. The van der Waals surface area contributed by atoms with Gasteiger partial charge in [0.05, 0.1) is 6.04 Å². The number of hydrogen-bond acceptors (Lipinski definition) is 7. The highest BCUT2D eigenvalue weighted by atomic mass is 19.1. The van der Waals surface area contributed by atoms with Gasteiger partial charge in [-0.25, -0.2) is 9.18 Å². The van der Waals surface area contributed by atoms with Crippen molar-refractivity contribution in [1.29, 1.82) is 0 Å². The topological polar surface area (TPSA) is 198 Å². The van der Waals surface area contributed by atoms with Gasteiger partial charge in [0.25, 0.3) is 0 Å². The van der Waals surface area contributed by atoms with Gasteiger partial charge in [-0.05, 0) is 49.5 Å². The number of amides is 4.